The molecule has 0 aliphatic carbocycles. The zero-order valence-electron chi connectivity index (χ0n) is 10.2. The van der Waals surface area contributed by atoms with E-state index in [9.17, 15) is 5.11 Å². The Labute approximate surface area is 96.4 Å². The van der Waals surface area contributed by atoms with E-state index in [1.165, 1.54) is 0 Å². The van der Waals surface area contributed by atoms with Crippen LogP contribution in [0, 0.1) is 0 Å². The second-order valence-electron chi connectivity index (χ2n) is 3.98. The molecule has 1 unspecified atom stereocenters. The molecule has 16 heavy (non-hydrogen) atoms. The van der Waals surface area contributed by atoms with Crippen LogP contribution in [-0.2, 0) is 16.9 Å². The SMILES string of the molecule is CCn1nccc1C(C)(O)CNCCOC. The highest BCUT2D eigenvalue weighted by Gasteiger charge is 2.26. The van der Waals surface area contributed by atoms with Crippen molar-refractivity contribution in [1.82, 2.24) is 15.1 Å². The van der Waals surface area contributed by atoms with Gasteiger partial charge in [-0.25, -0.2) is 0 Å². The van der Waals surface area contributed by atoms with E-state index in [4.69, 9.17) is 4.74 Å². The lowest BCUT2D eigenvalue weighted by molar-refractivity contribution is 0.0459. The molecule has 1 atom stereocenters. The molecule has 5 heteroatoms. The highest BCUT2D eigenvalue weighted by atomic mass is 16.5. The maximum absolute atomic E-state index is 10.3. The van der Waals surface area contributed by atoms with Crippen molar-refractivity contribution in [3.05, 3.63) is 18.0 Å². The topological polar surface area (TPSA) is 59.3 Å². The molecule has 0 aromatic carbocycles. The molecule has 0 aliphatic rings. The first-order valence-corrected chi connectivity index (χ1v) is 5.56. The molecule has 0 fully saturated rings. The minimum atomic E-state index is -0.903. The zero-order chi connectivity index (χ0) is 12.0. The van der Waals surface area contributed by atoms with E-state index in [1.54, 1.807) is 24.9 Å². The van der Waals surface area contributed by atoms with Crippen molar-refractivity contribution in [2.45, 2.75) is 26.0 Å². The average molecular weight is 227 g/mol. The van der Waals surface area contributed by atoms with E-state index in [0.717, 1.165) is 18.8 Å². The van der Waals surface area contributed by atoms with E-state index in [-0.39, 0.29) is 0 Å². The van der Waals surface area contributed by atoms with Crippen LogP contribution in [0.25, 0.3) is 0 Å². The minimum absolute atomic E-state index is 0.488. The Bertz CT molecular complexity index is 310. The molecule has 1 aromatic heterocycles. The molecule has 0 radical (unpaired) electrons. The van der Waals surface area contributed by atoms with Gasteiger partial charge in [-0.3, -0.25) is 4.68 Å². The Hall–Kier alpha value is -0.910. The summed E-state index contributed by atoms with van der Waals surface area (Å²) in [7, 11) is 1.66. The number of ether oxygens (including phenoxy) is 1. The van der Waals surface area contributed by atoms with Crippen molar-refractivity contribution < 1.29 is 9.84 Å². The van der Waals surface area contributed by atoms with Crippen molar-refractivity contribution >= 4 is 0 Å². The van der Waals surface area contributed by atoms with Crippen molar-refractivity contribution in [3.63, 3.8) is 0 Å². The van der Waals surface area contributed by atoms with Crippen LogP contribution >= 0.6 is 0 Å². The summed E-state index contributed by atoms with van der Waals surface area (Å²) < 4.78 is 6.73. The molecule has 1 rings (SSSR count). The van der Waals surface area contributed by atoms with Crippen LogP contribution in [-0.4, -0.2) is 41.7 Å². The quantitative estimate of drug-likeness (QED) is 0.660. The summed E-state index contributed by atoms with van der Waals surface area (Å²) in [6, 6.07) is 1.85. The summed E-state index contributed by atoms with van der Waals surface area (Å²) >= 11 is 0. The van der Waals surface area contributed by atoms with Crippen LogP contribution < -0.4 is 5.32 Å². The maximum Gasteiger partial charge on any atom is 0.116 e. The fraction of sp³-hybridized carbons (Fsp3) is 0.727. The van der Waals surface area contributed by atoms with Crippen LogP contribution in [0.2, 0.25) is 0 Å². The lowest BCUT2D eigenvalue weighted by Gasteiger charge is -2.24. The second-order valence-corrected chi connectivity index (χ2v) is 3.98. The first kappa shape index (κ1) is 13.2. The van der Waals surface area contributed by atoms with Gasteiger partial charge in [-0.1, -0.05) is 0 Å². The van der Waals surface area contributed by atoms with Gasteiger partial charge >= 0.3 is 0 Å². The molecule has 0 saturated carbocycles. The fourth-order valence-electron chi connectivity index (χ4n) is 1.64. The number of hydrogen-bond acceptors (Lipinski definition) is 4. The predicted octanol–water partition coefficient (Wildman–Crippen LogP) is 0.346. The van der Waals surface area contributed by atoms with Gasteiger partial charge < -0.3 is 15.2 Å². The maximum atomic E-state index is 10.3. The largest absolute Gasteiger partial charge is 0.383 e. The number of rotatable bonds is 7. The number of nitrogens with one attached hydrogen (secondary N) is 1. The molecule has 0 spiro atoms. The summed E-state index contributed by atoms with van der Waals surface area (Å²) in [5, 5.41) is 17.6. The van der Waals surface area contributed by atoms with Crippen LogP contribution in [0.4, 0.5) is 0 Å². The van der Waals surface area contributed by atoms with Gasteiger partial charge in [-0.15, -0.1) is 0 Å². The average Bonchev–Trinajstić information content (AvgIpc) is 2.73. The molecule has 1 heterocycles. The smallest absolute Gasteiger partial charge is 0.116 e. The standard InChI is InChI=1S/C11H21N3O2/c1-4-14-10(5-6-13-14)11(2,15)9-12-7-8-16-3/h5-6,12,15H,4,7-9H2,1-3H3. The third-order valence-electron chi connectivity index (χ3n) is 2.52. The molecule has 0 aliphatic heterocycles. The van der Waals surface area contributed by atoms with Crippen molar-refractivity contribution in [1.29, 1.82) is 0 Å². The van der Waals surface area contributed by atoms with Crippen LogP contribution in [0.5, 0.6) is 0 Å². The molecule has 5 nitrogen and oxygen atoms in total. The third-order valence-corrected chi connectivity index (χ3v) is 2.52. The van der Waals surface area contributed by atoms with Crippen molar-refractivity contribution in [2.24, 2.45) is 0 Å². The highest BCUT2D eigenvalue weighted by Crippen LogP contribution is 2.18. The van der Waals surface area contributed by atoms with E-state index in [2.05, 4.69) is 10.4 Å². The lowest BCUT2D eigenvalue weighted by Crippen LogP contribution is -2.38. The van der Waals surface area contributed by atoms with E-state index in [1.807, 2.05) is 13.0 Å². The van der Waals surface area contributed by atoms with Gasteiger partial charge in [0, 0.05) is 32.9 Å². The number of methoxy groups -OCH3 is 1. The summed E-state index contributed by atoms with van der Waals surface area (Å²) in [5.41, 5.74) is -0.0693. The first-order valence-electron chi connectivity index (χ1n) is 5.56. The Kier molecular flexibility index (Phi) is 4.92. The van der Waals surface area contributed by atoms with Crippen LogP contribution in [0.3, 0.4) is 0 Å². The molecule has 92 valence electrons. The Morgan fingerprint density at radius 1 is 1.62 bits per heavy atom. The summed E-state index contributed by atoms with van der Waals surface area (Å²) in [5.74, 6) is 0. The molecular weight excluding hydrogens is 206 g/mol. The van der Waals surface area contributed by atoms with Gasteiger partial charge in [-0.2, -0.15) is 5.10 Å². The van der Waals surface area contributed by atoms with E-state index < -0.39 is 5.60 Å². The van der Waals surface area contributed by atoms with Crippen molar-refractivity contribution in [2.75, 3.05) is 26.8 Å². The third kappa shape index (κ3) is 3.30. The molecule has 0 saturated heterocycles. The van der Waals surface area contributed by atoms with Crippen molar-refractivity contribution in [3.8, 4) is 0 Å². The number of hydrogen-bond donors (Lipinski definition) is 2. The Morgan fingerprint density at radius 3 is 3.00 bits per heavy atom. The summed E-state index contributed by atoms with van der Waals surface area (Å²) in [4.78, 5) is 0. The molecule has 0 amide bonds. The number of aliphatic hydroxyl groups is 1. The minimum Gasteiger partial charge on any atom is -0.383 e. The Morgan fingerprint density at radius 2 is 2.38 bits per heavy atom. The van der Waals surface area contributed by atoms with Gasteiger partial charge in [0.25, 0.3) is 0 Å². The van der Waals surface area contributed by atoms with E-state index in [0.29, 0.717) is 13.2 Å². The zero-order valence-corrected chi connectivity index (χ0v) is 10.2. The predicted molar refractivity (Wildman–Crippen MR) is 62.2 cm³/mol. The lowest BCUT2D eigenvalue weighted by atomic mass is 10.0. The first-order chi connectivity index (χ1) is 7.61. The Balaban J connectivity index is 2.55. The fourth-order valence-corrected chi connectivity index (χ4v) is 1.64. The molecule has 2 N–H and O–H groups in total. The van der Waals surface area contributed by atoms with Gasteiger partial charge in [0.05, 0.1) is 12.3 Å². The highest BCUT2D eigenvalue weighted by molar-refractivity contribution is 5.11. The normalized spacial score (nSPS) is 15.0. The van der Waals surface area contributed by atoms with Gasteiger partial charge in [0.15, 0.2) is 0 Å². The number of aryl methyl sites for hydroxylation is 1. The molecule has 1 aromatic rings. The van der Waals surface area contributed by atoms with Gasteiger partial charge in [0.2, 0.25) is 0 Å². The summed E-state index contributed by atoms with van der Waals surface area (Å²) in [6.45, 7) is 6.41. The van der Waals surface area contributed by atoms with E-state index >= 15 is 0 Å². The summed E-state index contributed by atoms with van der Waals surface area (Å²) in [6.07, 6.45) is 1.71. The monoisotopic (exact) mass is 227 g/mol. The second kappa shape index (κ2) is 5.98. The molecular formula is C11H21N3O2. The van der Waals surface area contributed by atoms with Crippen LogP contribution in [0.15, 0.2) is 12.3 Å². The number of nitrogens with zero attached hydrogens (tertiary/aromatic N) is 2. The molecule has 0 bridgehead atoms. The van der Waals surface area contributed by atoms with Gasteiger partial charge in [-0.05, 0) is 19.9 Å². The van der Waals surface area contributed by atoms with Gasteiger partial charge in [0.1, 0.15) is 5.60 Å². The number of aromatic nitrogens is 2. The van der Waals surface area contributed by atoms with Crippen LogP contribution in [0.1, 0.15) is 19.5 Å².